The number of thiocarbonyl (C=S) groups is 1. The van der Waals surface area contributed by atoms with Crippen LogP contribution in [0.1, 0.15) is 30.2 Å². The number of aromatic nitrogens is 2. The first kappa shape index (κ1) is 21.8. The van der Waals surface area contributed by atoms with E-state index in [2.05, 4.69) is 15.5 Å². The molecule has 2 aromatic carbocycles. The third-order valence-corrected chi connectivity index (χ3v) is 6.01. The van der Waals surface area contributed by atoms with Crippen LogP contribution in [0.5, 0.6) is 5.75 Å². The largest absolute Gasteiger partial charge is 0.497 e. The van der Waals surface area contributed by atoms with Crippen molar-refractivity contribution >= 4 is 22.9 Å². The lowest BCUT2D eigenvalue weighted by Gasteiger charge is -2.37. The SMILES string of the molecule is COc1cccc(C2NC(=S)N(Cc3ccco3)C(C)=C2c2nc(-c3ccc(F)cc3)no2)c1. The van der Waals surface area contributed by atoms with Gasteiger partial charge in [0.05, 0.1) is 31.5 Å². The maximum Gasteiger partial charge on any atom is 0.258 e. The summed E-state index contributed by atoms with van der Waals surface area (Å²) >= 11 is 5.72. The lowest BCUT2D eigenvalue weighted by atomic mass is 9.94. The van der Waals surface area contributed by atoms with Gasteiger partial charge in [-0.05, 0) is 73.2 Å². The summed E-state index contributed by atoms with van der Waals surface area (Å²) in [6.07, 6.45) is 1.63. The van der Waals surface area contributed by atoms with Crippen molar-refractivity contribution < 1.29 is 18.1 Å². The average molecular weight is 477 g/mol. The fraction of sp³-hybridized carbons (Fsp3) is 0.160. The van der Waals surface area contributed by atoms with Crippen molar-refractivity contribution in [1.29, 1.82) is 0 Å². The number of ether oxygens (including phenoxy) is 1. The number of nitrogens with one attached hydrogen (secondary N) is 1. The predicted molar refractivity (Wildman–Crippen MR) is 128 cm³/mol. The highest BCUT2D eigenvalue weighted by Crippen LogP contribution is 2.38. The first-order chi connectivity index (χ1) is 16.5. The van der Waals surface area contributed by atoms with Gasteiger partial charge in [-0.15, -0.1) is 0 Å². The van der Waals surface area contributed by atoms with E-state index in [1.807, 2.05) is 48.2 Å². The Hall–Kier alpha value is -3.98. The number of rotatable bonds is 6. The van der Waals surface area contributed by atoms with E-state index in [1.54, 1.807) is 25.5 Å². The van der Waals surface area contributed by atoms with E-state index in [-0.39, 0.29) is 11.9 Å². The Labute approximate surface area is 200 Å². The zero-order valence-electron chi connectivity index (χ0n) is 18.5. The molecular weight excluding hydrogens is 455 g/mol. The van der Waals surface area contributed by atoms with Gasteiger partial charge in [0.25, 0.3) is 5.89 Å². The maximum absolute atomic E-state index is 13.4. The lowest BCUT2D eigenvalue weighted by Crippen LogP contribution is -2.45. The molecule has 0 saturated carbocycles. The van der Waals surface area contributed by atoms with Gasteiger partial charge in [-0.1, -0.05) is 17.3 Å². The van der Waals surface area contributed by atoms with Crippen LogP contribution in [0.15, 0.2) is 81.6 Å². The van der Waals surface area contributed by atoms with Gasteiger partial charge in [-0.3, -0.25) is 0 Å². The van der Waals surface area contributed by atoms with Gasteiger partial charge < -0.3 is 23.9 Å². The van der Waals surface area contributed by atoms with Crippen LogP contribution in [0.4, 0.5) is 4.39 Å². The molecule has 1 aliphatic heterocycles. The molecule has 1 atom stereocenters. The van der Waals surface area contributed by atoms with Crippen molar-refractivity contribution in [3.05, 3.63) is 95.7 Å². The van der Waals surface area contributed by atoms with Crippen molar-refractivity contribution in [2.24, 2.45) is 0 Å². The maximum atomic E-state index is 13.4. The molecule has 0 spiro atoms. The van der Waals surface area contributed by atoms with Crippen molar-refractivity contribution in [3.8, 4) is 17.1 Å². The van der Waals surface area contributed by atoms with E-state index < -0.39 is 0 Å². The van der Waals surface area contributed by atoms with Gasteiger partial charge in [-0.25, -0.2) is 4.39 Å². The first-order valence-corrected chi connectivity index (χ1v) is 11.0. The second kappa shape index (κ2) is 9.11. The van der Waals surface area contributed by atoms with Gasteiger partial charge in [0, 0.05) is 11.3 Å². The number of benzene rings is 2. The van der Waals surface area contributed by atoms with Gasteiger partial charge in [0.2, 0.25) is 5.82 Å². The number of hydrogen-bond acceptors (Lipinski definition) is 6. The molecule has 9 heteroatoms. The van der Waals surface area contributed by atoms with Gasteiger partial charge in [0.15, 0.2) is 5.11 Å². The number of nitrogens with zero attached hydrogens (tertiary/aromatic N) is 3. The topological polar surface area (TPSA) is 76.6 Å². The third kappa shape index (κ3) is 4.17. The Bertz CT molecular complexity index is 1350. The van der Waals surface area contributed by atoms with Crippen LogP contribution in [0.25, 0.3) is 17.0 Å². The van der Waals surface area contributed by atoms with Gasteiger partial charge in [0.1, 0.15) is 17.3 Å². The predicted octanol–water partition coefficient (Wildman–Crippen LogP) is 5.34. The van der Waals surface area contributed by atoms with Crippen molar-refractivity contribution in [3.63, 3.8) is 0 Å². The highest BCUT2D eigenvalue weighted by molar-refractivity contribution is 7.80. The smallest absolute Gasteiger partial charge is 0.258 e. The molecule has 0 aliphatic carbocycles. The standard InChI is InChI=1S/C25H21FN4O3S/c1-15-21(24-28-23(29-33-24)16-8-10-18(26)11-9-16)22(17-5-3-6-19(13-17)31-2)27-25(34)30(15)14-20-7-4-12-32-20/h3-13,22H,14H2,1-2H3,(H,27,34). The lowest BCUT2D eigenvalue weighted by molar-refractivity contribution is 0.382. The summed E-state index contributed by atoms with van der Waals surface area (Å²) in [6, 6.07) is 17.0. The summed E-state index contributed by atoms with van der Waals surface area (Å²) in [5.74, 6) is 1.86. The summed E-state index contributed by atoms with van der Waals surface area (Å²) in [7, 11) is 1.62. The molecule has 172 valence electrons. The minimum Gasteiger partial charge on any atom is -0.497 e. The van der Waals surface area contributed by atoms with E-state index in [1.165, 1.54) is 12.1 Å². The molecule has 0 amide bonds. The number of methoxy groups -OCH3 is 1. The molecule has 34 heavy (non-hydrogen) atoms. The van der Waals surface area contributed by atoms with Crippen LogP contribution >= 0.6 is 12.2 Å². The van der Waals surface area contributed by atoms with E-state index >= 15 is 0 Å². The Kier molecular flexibility index (Phi) is 5.85. The quantitative estimate of drug-likeness (QED) is 0.374. The summed E-state index contributed by atoms with van der Waals surface area (Å²) in [6.45, 7) is 2.40. The Balaban J connectivity index is 1.60. The molecule has 2 aromatic heterocycles. The monoisotopic (exact) mass is 476 g/mol. The number of halogens is 1. The van der Waals surface area contributed by atoms with Crippen molar-refractivity contribution in [2.45, 2.75) is 19.5 Å². The Morgan fingerprint density at radius 2 is 1.97 bits per heavy atom. The normalized spacial score (nSPS) is 16.0. The molecular formula is C25H21FN4O3S. The average Bonchev–Trinajstić information content (AvgIpc) is 3.54. The van der Waals surface area contributed by atoms with Crippen LogP contribution in [0.3, 0.4) is 0 Å². The summed E-state index contributed by atoms with van der Waals surface area (Å²) in [4.78, 5) is 6.57. The third-order valence-electron chi connectivity index (χ3n) is 5.68. The zero-order valence-corrected chi connectivity index (χ0v) is 19.3. The molecule has 0 bridgehead atoms. The van der Waals surface area contributed by atoms with Gasteiger partial charge >= 0.3 is 0 Å². The fourth-order valence-electron chi connectivity index (χ4n) is 3.93. The summed E-state index contributed by atoms with van der Waals surface area (Å²) in [5, 5.41) is 8.09. The molecule has 5 rings (SSSR count). The van der Waals surface area contributed by atoms with Crippen LogP contribution < -0.4 is 10.1 Å². The van der Waals surface area contributed by atoms with E-state index in [0.29, 0.717) is 28.9 Å². The molecule has 1 aliphatic rings. The minimum absolute atomic E-state index is 0.331. The van der Waals surface area contributed by atoms with E-state index in [9.17, 15) is 4.39 Å². The number of hydrogen-bond donors (Lipinski definition) is 1. The molecule has 7 nitrogen and oxygen atoms in total. The van der Waals surface area contributed by atoms with Crippen molar-refractivity contribution in [1.82, 2.24) is 20.4 Å². The number of furan rings is 1. The van der Waals surface area contributed by atoms with Gasteiger partial charge in [-0.2, -0.15) is 4.98 Å². The number of allylic oxidation sites excluding steroid dienone is 1. The van der Waals surface area contributed by atoms with Crippen molar-refractivity contribution in [2.75, 3.05) is 7.11 Å². The molecule has 1 unspecified atom stereocenters. The Morgan fingerprint density at radius 3 is 2.71 bits per heavy atom. The van der Waals surface area contributed by atoms with Crippen LogP contribution in [-0.2, 0) is 6.54 Å². The highest BCUT2D eigenvalue weighted by atomic mass is 32.1. The summed E-state index contributed by atoms with van der Waals surface area (Å²) < 4.78 is 30.0. The van der Waals surface area contributed by atoms with E-state index in [4.69, 9.17) is 25.9 Å². The van der Waals surface area contributed by atoms with E-state index in [0.717, 1.165) is 28.3 Å². The Morgan fingerprint density at radius 1 is 1.15 bits per heavy atom. The first-order valence-electron chi connectivity index (χ1n) is 10.6. The highest BCUT2D eigenvalue weighted by Gasteiger charge is 2.34. The minimum atomic E-state index is -0.350. The molecule has 0 fully saturated rings. The second-order valence-corrected chi connectivity index (χ2v) is 8.14. The fourth-order valence-corrected chi connectivity index (χ4v) is 4.25. The molecule has 0 radical (unpaired) electrons. The molecule has 0 saturated heterocycles. The van der Waals surface area contributed by atoms with Crippen LogP contribution in [-0.4, -0.2) is 27.3 Å². The van der Waals surface area contributed by atoms with Crippen LogP contribution in [0.2, 0.25) is 0 Å². The zero-order chi connectivity index (χ0) is 23.7. The second-order valence-electron chi connectivity index (χ2n) is 7.75. The molecule has 4 aromatic rings. The summed E-state index contributed by atoms with van der Waals surface area (Å²) in [5.41, 5.74) is 3.20. The molecule has 1 N–H and O–H groups in total. The molecule has 3 heterocycles. The van der Waals surface area contributed by atoms with Crippen LogP contribution in [0, 0.1) is 5.82 Å².